The Balaban J connectivity index is 1.45. The number of nitrogens with one attached hydrogen (secondary N) is 2. The molecule has 2 aliphatic heterocycles. The highest BCUT2D eigenvalue weighted by Gasteiger charge is 2.22. The van der Waals surface area contributed by atoms with Gasteiger partial charge >= 0.3 is 0 Å². The van der Waals surface area contributed by atoms with Crippen LogP contribution in [0.25, 0.3) is 0 Å². The highest BCUT2D eigenvalue weighted by molar-refractivity contribution is 5.19. The van der Waals surface area contributed by atoms with Gasteiger partial charge in [-0.3, -0.25) is 9.88 Å². The zero-order valence-electron chi connectivity index (χ0n) is 13.3. The normalized spacial score (nSPS) is 23.0. The summed E-state index contributed by atoms with van der Waals surface area (Å²) in [7, 11) is 0. The maximum Gasteiger partial charge on any atom is 0.100 e. The molecule has 4 heteroatoms. The van der Waals surface area contributed by atoms with Crippen LogP contribution in [0.15, 0.2) is 48.4 Å². The standard InChI is InChI=1S/C18H26N4/c1-15-9-13-22(14-10-15)18-7-4-6-17(21-18)20-12-8-16-5-2-3-11-19-16/h2-7,11,15,18,20-21H,8-10,12-14H2,1H3. The van der Waals surface area contributed by atoms with E-state index in [4.69, 9.17) is 0 Å². The van der Waals surface area contributed by atoms with Gasteiger partial charge in [0.15, 0.2) is 0 Å². The molecule has 0 spiro atoms. The molecule has 0 saturated carbocycles. The Hall–Kier alpha value is -1.81. The van der Waals surface area contributed by atoms with E-state index in [1.165, 1.54) is 25.9 Å². The highest BCUT2D eigenvalue weighted by Crippen LogP contribution is 2.18. The topological polar surface area (TPSA) is 40.2 Å². The second kappa shape index (κ2) is 7.45. The fourth-order valence-electron chi connectivity index (χ4n) is 3.01. The van der Waals surface area contributed by atoms with E-state index in [0.29, 0.717) is 6.17 Å². The Bertz CT molecular complexity index is 515. The zero-order chi connectivity index (χ0) is 15.2. The van der Waals surface area contributed by atoms with Gasteiger partial charge in [0.2, 0.25) is 0 Å². The second-order valence-corrected chi connectivity index (χ2v) is 6.27. The number of rotatable bonds is 5. The molecule has 0 aliphatic carbocycles. The molecule has 1 fully saturated rings. The fourth-order valence-corrected chi connectivity index (χ4v) is 3.01. The van der Waals surface area contributed by atoms with E-state index >= 15 is 0 Å². The monoisotopic (exact) mass is 298 g/mol. The van der Waals surface area contributed by atoms with Gasteiger partial charge in [-0.05, 0) is 43.0 Å². The molecular formula is C18H26N4. The molecule has 0 bridgehead atoms. The molecule has 3 rings (SSSR count). The van der Waals surface area contributed by atoms with Crippen molar-refractivity contribution in [1.29, 1.82) is 0 Å². The van der Waals surface area contributed by atoms with Crippen molar-refractivity contribution < 1.29 is 0 Å². The van der Waals surface area contributed by atoms with E-state index in [1.54, 1.807) is 0 Å². The number of aromatic nitrogens is 1. The van der Waals surface area contributed by atoms with Crippen molar-refractivity contribution >= 4 is 0 Å². The first kappa shape index (κ1) is 15.1. The third-order valence-corrected chi connectivity index (χ3v) is 4.49. The first-order valence-corrected chi connectivity index (χ1v) is 8.34. The molecule has 118 valence electrons. The summed E-state index contributed by atoms with van der Waals surface area (Å²) < 4.78 is 0. The molecule has 1 unspecified atom stereocenters. The summed E-state index contributed by atoms with van der Waals surface area (Å²) in [6, 6.07) is 6.07. The summed E-state index contributed by atoms with van der Waals surface area (Å²) in [5, 5.41) is 7.07. The Morgan fingerprint density at radius 1 is 1.32 bits per heavy atom. The molecule has 0 radical (unpaired) electrons. The van der Waals surface area contributed by atoms with Gasteiger partial charge in [0.25, 0.3) is 0 Å². The van der Waals surface area contributed by atoms with Crippen molar-refractivity contribution in [2.24, 2.45) is 5.92 Å². The molecule has 3 heterocycles. The SMILES string of the molecule is CC1CCN(C2C=CC=C(NCCc3ccccn3)N2)CC1. The van der Waals surface area contributed by atoms with Crippen LogP contribution in [0, 0.1) is 5.92 Å². The van der Waals surface area contributed by atoms with Gasteiger partial charge in [-0.25, -0.2) is 0 Å². The van der Waals surface area contributed by atoms with Crippen LogP contribution in [0.2, 0.25) is 0 Å². The fraction of sp³-hybridized carbons (Fsp3) is 0.500. The third kappa shape index (κ3) is 4.10. The van der Waals surface area contributed by atoms with E-state index in [9.17, 15) is 0 Å². The summed E-state index contributed by atoms with van der Waals surface area (Å²) in [5.41, 5.74) is 1.13. The molecular weight excluding hydrogens is 272 g/mol. The summed E-state index contributed by atoms with van der Waals surface area (Å²) in [4.78, 5) is 6.89. The predicted molar refractivity (Wildman–Crippen MR) is 90.1 cm³/mol. The minimum absolute atomic E-state index is 0.329. The molecule has 22 heavy (non-hydrogen) atoms. The van der Waals surface area contributed by atoms with Gasteiger partial charge in [0.1, 0.15) is 12.0 Å². The van der Waals surface area contributed by atoms with E-state index < -0.39 is 0 Å². The average Bonchev–Trinajstić information content (AvgIpc) is 2.57. The van der Waals surface area contributed by atoms with Crippen molar-refractivity contribution in [2.75, 3.05) is 19.6 Å². The molecule has 1 saturated heterocycles. The molecule has 4 nitrogen and oxygen atoms in total. The summed E-state index contributed by atoms with van der Waals surface area (Å²) in [6.45, 7) is 5.62. The smallest absolute Gasteiger partial charge is 0.100 e. The lowest BCUT2D eigenvalue weighted by Gasteiger charge is -2.37. The van der Waals surface area contributed by atoms with Gasteiger partial charge < -0.3 is 10.6 Å². The maximum atomic E-state index is 4.35. The van der Waals surface area contributed by atoms with Crippen LogP contribution >= 0.6 is 0 Å². The van der Waals surface area contributed by atoms with Gasteiger partial charge in [0, 0.05) is 37.9 Å². The van der Waals surface area contributed by atoms with Crippen LogP contribution in [0.3, 0.4) is 0 Å². The number of pyridine rings is 1. The summed E-state index contributed by atoms with van der Waals surface area (Å²) in [5.74, 6) is 1.98. The van der Waals surface area contributed by atoms with Gasteiger partial charge in [0.05, 0.1) is 0 Å². The van der Waals surface area contributed by atoms with Crippen LogP contribution < -0.4 is 10.6 Å². The lowest BCUT2D eigenvalue weighted by molar-refractivity contribution is 0.145. The van der Waals surface area contributed by atoms with Crippen molar-refractivity contribution in [3.63, 3.8) is 0 Å². The number of nitrogens with zero attached hydrogens (tertiary/aromatic N) is 2. The minimum atomic E-state index is 0.329. The van der Waals surface area contributed by atoms with E-state index in [2.05, 4.69) is 51.7 Å². The maximum absolute atomic E-state index is 4.35. The Morgan fingerprint density at radius 3 is 2.95 bits per heavy atom. The number of dihydropyridines is 1. The van der Waals surface area contributed by atoms with Gasteiger partial charge in [-0.2, -0.15) is 0 Å². The molecule has 2 N–H and O–H groups in total. The summed E-state index contributed by atoms with van der Waals surface area (Å²) in [6.07, 6.45) is 12.2. The lowest BCUT2D eigenvalue weighted by Crippen LogP contribution is -2.50. The van der Waals surface area contributed by atoms with Crippen LogP contribution in [0.4, 0.5) is 0 Å². The van der Waals surface area contributed by atoms with Gasteiger partial charge in [-0.15, -0.1) is 0 Å². The lowest BCUT2D eigenvalue weighted by atomic mass is 9.98. The number of likely N-dealkylation sites (tertiary alicyclic amines) is 1. The molecule has 0 amide bonds. The second-order valence-electron chi connectivity index (χ2n) is 6.27. The van der Waals surface area contributed by atoms with Crippen LogP contribution in [-0.2, 0) is 6.42 Å². The van der Waals surface area contributed by atoms with Crippen molar-refractivity contribution in [1.82, 2.24) is 20.5 Å². The highest BCUT2D eigenvalue weighted by atomic mass is 15.3. The third-order valence-electron chi connectivity index (χ3n) is 4.49. The van der Waals surface area contributed by atoms with Crippen LogP contribution in [-0.4, -0.2) is 35.7 Å². The Kier molecular flexibility index (Phi) is 5.11. The first-order chi connectivity index (χ1) is 10.8. The molecule has 1 aromatic rings. The van der Waals surface area contributed by atoms with Crippen LogP contribution in [0.5, 0.6) is 0 Å². The Labute approximate surface area is 133 Å². The number of hydrogen-bond donors (Lipinski definition) is 2. The largest absolute Gasteiger partial charge is 0.371 e. The van der Waals surface area contributed by atoms with Crippen molar-refractivity contribution in [3.05, 3.63) is 54.1 Å². The van der Waals surface area contributed by atoms with Gasteiger partial charge in [-0.1, -0.05) is 19.1 Å². The number of allylic oxidation sites excluding steroid dienone is 2. The first-order valence-electron chi connectivity index (χ1n) is 8.34. The molecule has 0 aromatic carbocycles. The number of piperidine rings is 1. The Morgan fingerprint density at radius 2 is 2.18 bits per heavy atom. The van der Waals surface area contributed by atoms with Crippen molar-refractivity contribution in [2.45, 2.75) is 32.4 Å². The number of hydrogen-bond acceptors (Lipinski definition) is 4. The van der Waals surface area contributed by atoms with Crippen LogP contribution in [0.1, 0.15) is 25.5 Å². The molecule has 2 aliphatic rings. The quantitative estimate of drug-likeness (QED) is 0.875. The molecule has 1 aromatic heterocycles. The van der Waals surface area contributed by atoms with Crippen molar-refractivity contribution in [3.8, 4) is 0 Å². The molecule has 1 atom stereocenters. The predicted octanol–water partition coefficient (Wildman–Crippen LogP) is 2.27. The minimum Gasteiger partial charge on any atom is -0.371 e. The van der Waals surface area contributed by atoms with E-state index in [1.807, 2.05) is 18.3 Å². The zero-order valence-corrected chi connectivity index (χ0v) is 13.3. The van der Waals surface area contributed by atoms with E-state index in [0.717, 1.165) is 30.4 Å². The summed E-state index contributed by atoms with van der Waals surface area (Å²) >= 11 is 0. The van der Waals surface area contributed by atoms with E-state index in [-0.39, 0.29) is 0 Å². The average molecular weight is 298 g/mol.